The van der Waals surface area contributed by atoms with Crippen molar-refractivity contribution in [1.82, 2.24) is 15.3 Å². The fourth-order valence-electron chi connectivity index (χ4n) is 1.73. The number of hydrogen-bond acceptors (Lipinski definition) is 4. The second kappa shape index (κ2) is 6.66. The summed E-state index contributed by atoms with van der Waals surface area (Å²) < 4.78 is 5.73. The third-order valence-corrected chi connectivity index (χ3v) is 3.08. The van der Waals surface area contributed by atoms with E-state index >= 15 is 0 Å². The van der Waals surface area contributed by atoms with Crippen LogP contribution in [0.25, 0.3) is 0 Å². The third kappa shape index (κ3) is 4.31. The van der Waals surface area contributed by atoms with Crippen LogP contribution in [0, 0.1) is 0 Å². The van der Waals surface area contributed by atoms with Gasteiger partial charge in [-0.3, -0.25) is 0 Å². The van der Waals surface area contributed by atoms with Crippen LogP contribution in [-0.2, 0) is 6.54 Å². The minimum Gasteiger partial charge on any atom is -0.490 e. The van der Waals surface area contributed by atoms with E-state index in [1.165, 1.54) is 12.8 Å². The van der Waals surface area contributed by atoms with Crippen LogP contribution in [0.15, 0.2) is 18.9 Å². The fraction of sp³-hybridized carbons (Fsp3) is 0.600. The monoisotopic (exact) mass is 261 g/mol. The molecule has 1 saturated carbocycles. The Morgan fingerprint density at radius 3 is 2.95 bits per heavy atom. The molecule has 1 heterocycles. The molecule has 2 rings (SSSR count). The first kappa shape index (κ1) is 14.0. The van der Waals surface area contributed by atoms with E-state index in [0.29, 0.717) is 18.6 Å². The molecule has 1 aliphatic rings. The molecule has 0 unspecified atom stereocenters. The molecule has 0 radical (unpaired) electrons. The zero-order chi connectivity index (χ0) is 13.7. The normalized spacial score (nSPS) is 14.7. The maximum absolute atomic E-state index is 5.73. The molecule has 1 aromatic rings. The van der Waals surface area contributed by atoms with E-state index in [1.807, 2.05) is 6.08 Å². The lowest BCUT2D eigenvalue weighted by Crippen LogP contribution is -2.18. The van der Waals surface area contributed by atoms with Gasteiger partial charge in [0.1, 0.15) is 5.82 Å². The minimum atomic E-state index is 0.335. The summed E-state index contributed by atoms with van der Waals surface area (Å²) in [6.07, 6.45) is 7.03. The number of nitrogens with one attached hydrogen (secondary N) is 1. The van der Waals surface area contributed by atoms with Gasteiger partial charge in [-0.1, -0.05) is 19.9 Å². The molecule has 1 N–H and O–H groups in total. The molecule has 4 nitrogen and oxygen atoms in total. The summed E-state index contributed by atoms with van der Waals surface area (Å²) in [7, 11) is 0. The average molecular weight is 261 g/mol. The van der Waals surface area contributed by atoms with Crippen molar-refractivity contribution >= 4 is 0 Å². The summed E-state index contributed by atoms with van der Waals surface area (Å²) in [5.74, 6) is 2.00. The first-order valence-electron chi connectivity index (χ1n) is 7.03. The summed E-state index contributed by atoms with van der Waals surface area (Å²) in [6.45, 7) is 9.29. The summed E-state index contributed by atoms with van der Waals surface area (Å²) in [5.41, 5.74) is 0.967. The van der Waals surface area contributed by atoms with E-state index in [0.717, 1.165) is 30.2 Å². The molecule has 0 saturated heterocycles. The van der Waals surface area contributed by atoms with E-state index in [-0.39, 0.29) is 0 Å². The van der Waals surface area contributed by atoms with Gasteiger partial charge in [-0.15, -0.1) is 6.58 Å². The van der Waals surface area contributed by atoms with Gasteiger partial charge in [0.05, 0.1) is 18.5 Å². The maximum Gasteiger partial charge on any atom is 0.160 e. The second-order valence-corrected chi connectivity index (χ2v) is 5.27. The van der Waals surface area contributed by atoms with Gasteiger partial charge >= 0.3 is 0 Å². The van der Waals surface area contributed by atoms with E-state index in [4.69, 9.17) is 4.74 Å². The van der Waals surface area contributed by atoms with Crippen molar-refractivity contribution in [2.45, 2.75) is 51.6 Å². The molecule has 104 valence electrons. The highest BCUT2D eigenvalue weighted by atomic mass is 16.5. The second-order valence-electron chi connectivity index (χ2n) is 5.27. The van der Waals surface area contributed by atoms with Gasteiger partial charge in [-0.05, 0) is 19.3 Å². The number of nitrogens with zero attached hydrogens (tertiary/aromatic N) is 2. The van der Waals surface area contributed by atoms with E-state index < -0.39 is 0 Å². The van der Waals surface area contributed by atoms with Crippen LogP contribution < -0.4 is 10.1 Å². The van der Waals surface area contributed by atoms with Gasteiger partial charge in [-0.2, -0.15) is 0 Å². The van der Waals surface area contributed by atoms with Crippen molar-refractivity contribution in [3.63, 3.8) is 0 Å². The number of ether oxygens (including phenoxy) is 1. The summed E-state index contributed by atoms with van der Waals surface area (Å²) in [6, 6.07) is 0.665. The summed E-state index contributed by atoms with van der Waals surface area (Å²) >= 11 is 0. The topological polar surface area (TPSA) is 47.0 Å². The van der Waals surface area contributed by atoms with Gasteiger partial charge in [0.25, 0.3) is 0 Å². The number of hydrogen-bond donors (Lipinski definition) is 1. The largest absolute Gasteiger partial charge is 0.490 e. The van der Waals surface area contributed by atoms with E-state index in [2.05, 4.69) is 35.7 Å². The zero-order valence-corrected chi connectivity index (χ0v) is 11.9. The van der Waals surface area contributed by atoms with Gasteiger partial charge in [0, 0.05) is 18.5 Å². The predicted octanol–water partition coefficient (Wildman–Crippen LogP) is 2.81. The summed E-state index contributed by atoms with van der Waals surface area (Å²) in [5, 5.41) is 3.48. The lowest BCUT2D eigenvalue weighted by atomic mass is 10.2. The molecule has 0 aromatic carbocycles. The van der Waals surface area contributed by atoms with Gasteiger partial charge in [0.15, 0.2) is 5.75 Å². The first-order valence-corrected chi connectivity index (χ1v) is 7.03. The molecule has 19 heavy (non-hydrogen) atoms. The van der Waals surface area contributed by atoms with Crippen LogP contribution in [0.3, 0.4) is 0 Å². The Labute approximate surface area is 115 Å². The molecule has 0 bridgehead atoms. The highest BCUT2D eigenvalue weighted by Crippen LogP contribution is 2.22. The van der Waals surface area contributed by atoms with Crippen LogP contribution in [-0.4, -0.2) is 22.6 Å². The van der Waals surface area contributed by atoms with Gasteiger partial charge in [-0.25, -0.2) is 9.97 Å². The standard InChI is InChI=1S/C15H23N3O/c1-4-5-8-19-14-10-17-15(11(2)3)18-13(14)9-16-12-6-7-12/h4,10-12,16H,1,5-9H2,2-3H3. The lowest BCUT2D eigenvalue weighted by molar-refractivity contribution is 0.316. The highest BCUT2D eigenvalue weighted by Gasteiger charge is 2.21. The molecule has 0 atom stereocenters. The molecule has 0 amide bonds. The van der Waals surface area contributed by atoms with Gasteiger partial charge in [0.2, 0.25) is 0 Å². The van der Waals surface area contributed by atoms with Crippen molar-refractivity contribution < 1.29 is 4.74 Å². The Hall–Kier alpha value is -1.42. The Morgan fingerprint density at radius 2 is 2.32 bits per heavy atom. The Bertz CT molecular complexity index is 427. The maximum atomic E-state index is 5.73. The Kier molecular flexibility index (Phi) is 4.91. The lowest BCUT2D eigenvalue weighted by Gasteiger charge is -2.13. The molecular weight excluding hydrogens is 238 g/mol. The van der Waals surface area contributed by atoms with Crippen LogP contribution in [0.5, 0.6) is 5.75 Å². The van der Waals surface area contributed by atoms with Crippen LogP contribution in [0.2, 0.25) is 0 Å². The third-order valence-electron chi connectivity index (χ3n) is 3.08. The quantitative estimate of drug-likeness (QED) is 0.577. The van der Waals surface area contributed by atoms with Crippen molar-refractivity contribution in [2.24, 2.45) is 0 Å². The highest BCUT2D eigenvalue weighted by molar-refractivity contribution is 5.25. The molecular formula is C15H23N3O. The molecule has 1 aromatic heterocycles. The molecule has 0 aliphatic heterocycles. The Balaban J connectivity index is 2.06. The molecule has 1 fully saturated rings. The van der Waals surface area contributed by atoms with Crippen molar-refractivity contribution in [3.05, 3.63) is 30.4 Å². The number of rotatable bonds is 8. The SMILES string of the molecule is C=CCCOc1cnc(C(C)C)nc1CNC1CC1. The van der Waals surface area contributed by atoms with Crippen LogP contribution in [0.1, 0.15) is 50.5 Å². The fourth-order valence-corrected chi connectivity index (χ4v) is 1.73. The predicted molar refractivity (Wildman–Crippen MR) is 76.3 cm³/mol. The van der Waals surface area contributed by atoms with E-state index in [9.17, 15) is 0 Å². The summed E-state index contributed by atoms with van der Waals surface area (Å²) in [4.78, 5) is 9.00. The Morgan fingerprint density at radius 1 is 1.53 bits per heavy atom. The smallest absolute Gasteiger partial charge is 0.160 e. The van der Waals surface area contributed by atoms with E-state index in [1.54, 1.807) is 6.20 Å². The molecule has 4 heteroatoms. The van der Waals surface area contributed by atoms with Crippen molar-refractivity contribution in [2.75, 3.05) is 6.61 Å². The first-order chi connectivity index (χ1) is 9.20. The average Bonchev–Trinajstić information content (AvgIpc) is 3.21. The molecule has 1 aliphatic carbocycles. The van der Waals surface area contributed by atoms with Crippen molar-refractivity contribution in [3.8, 4) is 5.75 Å². The van der Waals surface area contributed by atoms with Crippen molar-refractivity contribution in [1.29, 1.82) is 0 Å². The minimum absolute atomic E-state index is 0.335. The van der Waals surface area contributed by atoms with Gasteiger partial charge < -0.3 is 10.1 Å². The van der Waals surface area contributed by atoms with Crippen LogP contribution >= 0.6 is 0 Å². The molecule has 0 spiro atoms. The zero-order valence-electron chi connectivity index (χ0n) is 11.9. The number of aromatic nitrogens is 2. The van der Waals surface area contributed by atoms with Crippen LogP contribution in [0.4, 0.5) is 0 Å².